The molecule has 0 aliphatic heterocycles. The van der Waals surface area contributed by atoms with Gasteiger partial charge in [0.05, 0.1) is 11.9 Å². The second-order valence-electron chi connectivity index (χ2n) is 6.22. The molecule has 0 fully saturated rings. The third-order valence-corrected chi connectivity index (χ3v) is 3.61. The number of benzene rings is 1. The van der Waals surface area contributed by atoms with Crippen LogP contribution in [0, 0.1) is 6.92 Å². The van der Waals surface area contributed by atoms with E-state index in [-0.39, 0.29) is 5.91 Å². The van der Waals surface area contributed by atoms with Gasteiger partial charge < -0.3 is 15.0 Å². The van der Waals surface area contributed by atoms with Crippen molar-refractivity contribution in [1.29, 1.82) is 0 Å². The molecular weight excluding hydrogens is 304 g/mol. The minimum Gasteiger partial charge on any atom is -0.490 e. The van der Waals surface area contributed by atoms with Crippen LogP contribution in [0.25, 0.3) is 0 Å². The Kier molecular flexibility index (Phi) is 6.37. The summed E-state index contributed by atoms with van der Waals surface area (Å²) >= 11 is 0. The first kappa shape index (κ1) is 18.0. The van der Waals surface area contributed by atoms with E-state index in [1.54, 1.807) is 10.9 Å². The van der Waals surface area contributed by atoms with Gasteiger partial charge in [-0.2, -0.15) is 5.10 Å². The van der Waals surface area contributed by atoms with Crippen LogP contribution in [0.1, 0.15) is 17.5 Å². The van der Waals surface area contributed by atoms with E-state index in [2.05, 4.69) is 15.3 Å². The topological polar surface area (TPSA) is 59.4 Å². The van der Waals surface area contributed by atoms with Crippen molar-refractivity contribution in [2.24, 2.45) is 7.05 Å². The summed E-state index contributed by atoms with van der Waals surface area (Å²) in [6, 6.07) is 5.81. The van der Waals surface area contributed by atoms with Crippen LogP contribution in [0.3, 0.4) is 0 Å². The molecule has 24 heavy (non-hydrogen) atoms. The first-order valence-corrected chi connectivity index (χ1v) is 8.09. The van der Waals surface area contributed by atoms with Crippen LogP contribution in [0.15, 0.2) is 30.6 Å². The maximum absolute atomic E-state index is 12.2. The Hall–Kier alpha value is -2.34. The number of hydrogen-bond donors (Lipinski definition) is 1. The number of carbonyl (C=O) groups is 1. The molecule has 0 aliphatic rings. The van der Waals surface area contributed by atoms with E-state index in [1.165, 1.54) is 0 Å². The van der Waals surface area contributed by atoms with Crippen molar-refractivity contribution in [3.8, 4) is 5.75 Å². The number of aromatic nitrogens is 2. The van der Waals surface area contributed by atoms with Gasteiger partial charge >= 0.3 is 0 Å². The lowest BCUT2D eigenvalue weighted by molar-refractivity contribution is -0.116. The third-order valence-electron chi connectivity index (χ3n) is 3.61. The first-order valence-electron chi connectivity index (χ1n) is 8.09. The zero-order valence-electron chi connectivity index (χ0n) is 14.9. The predicted octanol–water partition coefficient (Wildman–Crippen LogP) is 2.24. The monoisotopic (exact) mass is 330 g/mol. The van der Waals surface area contributed by atoms with Crippen LogP contribution in [0.4, 0.5) is 5.69 Å². The molecule has 0 saturated carbocycles. The molecule has 0 atom stereocenters. The molecule has 6 heteroatoms. The van der Waals surface area contributed by atoms with Gasteiger partial charge in [-0.15, -0.1) is 0 Å². The molecule has 0 bridgehead atoms. The van der Waals surface area contributed by atoms with Gasteiger partial charge in [-0.25, -0.2) is 0 Å². The molecule has 1 aromatic heterocycles. The number of likely N-dealkylation sites (N-methyl/N-ethyl adjacent to an activating group) is 1. The maximum atomic E-state index is 12.2. The molecule has 2 rings (SSSR count). The van der Waals surface area contributed by atoms with Crippen LogP contribution in [0.2, 0.25) is 0 Å². The van der Waals surface area contributed by atoms with Crippen molar-refractivity contribution in [1.82, 2.24) is 14.7 Å². The van der Waals surface area contributed by atoms with Crippen LogP contribution in [-0.2, 0) is 18.3 Å². The van der Waals surface area contributed by atoms with E-state index in [4.69, 9.17) is 4.74 Å². The maximum Gasteiger partial charge on any atom is 0.224 e. The molecule has 1 N–H and O–H groups in total. The Morgan fingerprint density at radius 1 is 1.38 bits per heavy atom. The molecular formula is C18H26N4O2. The highest BCUT2D eigenvalue weighted by Gasteiger charge is 2.09. The molecule has 0 unspecified atom stereocenters. The largest absolute Gasteiger partial charge is 0.490 e. The Balaban J connectivity index is 1.93. The molecule has 130 valence electrons. The van der Waals surface area contributed by atoms with E-state index >= 15 is 0 Å². The highest BCUT2D eigenvalue weighted by atomic mass is 16.5. The average Bonchev–Trinajstić information content (AvgIpc) is 2.93. The Bertz CT molecular complexity index is 679. The summed E-state index contributed by atoms with van der Waals surface area (Å²) in [5, 5.41) is 7.06. The fourth-order valence-electron chi connectivity index (χ4n) is 2.26. The number of hydrogen-bond acceptors (Lipinski definition) is 4. The second-order valence-corrected chi connectivity index (χ2v) is 6.22. The number of anilines is 1. The zero-order valence-corrected chi connectivity index (χ0v) is 14.9. The fraction of sp³-hybridized carbons (Fsp3) is 0.444. The quantitative estimate of drug-likeness (QED) is 0.806. The number of nitrogens with one attached hydrogen (secondary N) is 1. The van der Waals surface area contributed by atoms with Crippen molar-refractivity contribution < 1.29 is 9.53 Å². The summed E-state index contributed by atoms with van der Waals surface area (Å²) < 4.78 is 7.57. The lowest BCUT2D eigenvalue weighted by atomic mass is 10.1. The molecule has 1 amide bonds. The minimum absolute atomic E-state index is 0.0276. The molecule has 6 nitrogen and oxygen atoms in total. The van der Waals surface area contributed by atoms with Crippen molar-refractivity contribution >= 4 is 11.6 Å². The van der Waals surface area contributed by atoms with E-state index in [0.717, 1.165) is 23.4 Å². The van der Waals surface area contributed by atoms with Crippen LogP contribution in [-0.4, -0.2) is 47.8 Å². The van der Waals surface area contributed by atoms with Crippen molar-refractivity contribution in [3.63, 3.8) is 0 Å². The highest BCUT2D eigenvalue weighted by molar-refractivity contribution is 5.92. The summed E-state index contributed by atoms with van der Waals surface area (Å²) in [5.41, 5.74) is 2.87. The summed E-state index contributed by atoms with van der Waals surface area (Å²) in [6.07, 6.45) is 4.79. The minimum atomic E-state index is -0.0276. The number of rotatable bonds is 8. The zero-order chi connectivity index (χ0) is 17.5. The summed E-state index contributed by atoms with van der Waals surface area (Å²) in [4.78, 5) is 14.3. The van der Waals surface area contributed by atoms with Gasteiger partial charge in [0.15, 0.2) is 0 Å². The van der Waals surface area contributed by atoms with E-state index in [0.29, 0.717) is 25.2 Å². The van der Waals surface area contributed by atoms with E-state index in [1.807, 2.05) is 52.5 Å². The Labute approximate surface area is 143 Å². The molecule has 1 aromatic carbocycles. The Morgan fingerprint density at radius 3 is 2.83 bits per heavy atom. The van der Waals surface area contributed by atoms with Gasteiger partial charge in [0, 0.05) is 26.2 Å². The van der Waals surface area contributed by atoms with Gasteiger partial charge in [-0.1, -0.05) is 6.07 Å². The van der Waals surface area contributed by atoms with Gasteiger partial charge in [-0.3, -0.25) is 9.48 Å². The third kappa shape index (κ3) is 5.70. The normalized spacial score (nSPS) is 10.9. The van der Waals surface area contributed by atoms with E-state index < -0.39 is 0 Å². The number of nitrogens with zero attached hydrogens (tertiary/aromatic N) is 3. The summed E-state index contributed by atoms with van der Waals surface area (Å²) in [6.45, 7) is 3.41. The van der Waals surface area contributed by atoms with Crippen LogP contribution < -0.4 is 10.1 Å². The highest BCUT2D eigenvalue weighted by Crippen LogP contribution is 2.26. The lowest BCUT2D eigenvalue weighted by Gasteiger charge is -2.15. The number of aryl methyl sites for hydroxylation is 3. The number of carbonyl (C=O) groups excluding carboxylic acids is 1. The van der Waals surface area contributed by atoms with Gasteiger partial charge in [0.25, 0.3) is 0 Å². The van der Waals surface area contributed by atoms with Crippen molar-refractivity contribution in [3.05, 3.63) is 41.7 Å². The second kappa shape index (κ2) is 8.49. The number of ether oxygens (including phenoxy) is 1. The summed E-state index contributed by atoms with van der Waals surface area (Å²) in [5.74, 6) is 0.687. The number of amides is 1. The SMILES string of the molecule is Cc1ccc(NC(=O)CCc2cnn(C)c2)c(OCCN(C)C)c1. The lowest BCUT2D eigenvalue weighted by Crippen LogP contribution is -2.20. The smallest absolute Gasteiger partial charge is 0.224 e. The van der Waals surface area contributed by atoms with Crippen molar-refractivity contribution in [2.45, 2.75) is 19.8 Å². The Morgan fingerprint density at radius 2 is 2.17 bits per heavy atom. The van der Waals surface area contributed by atoms with E-state index in [9.17, 15) is 4.79 Å². The molecule has 0 aliphatic carbocycles. The average molecular weight is 330 g/mol. The van der Waals surface area contributed by atoms with Crippen LogP contribution >= 0.6 is 0 Å². The molecule has 1 heterocycles. The van der Waals surface area contributed by atoms with Gasteiger partial charge in [-0.05, 0) is 50.7 Å². The molecule has 0 radical (unpaired) electrons. The molecule has 0 saturated heterocycles. The first-order chi connectivity index (χ1) is 11.4. The van der Waals surface area contributed by atoms with Gasteiger partial charge in [0.2, 0.25) is 5.91 Å². The standard InChI is InChI=1S/C18H26N4O2/c1-14-5-7-16(17(11-14)24-10-9-21(2)3)20-18(23)8-6-15-12-19-22(4)13-15/h5,7,11-13H,6,8-10H2,1-4H3,(H,20,23). The van der Waals surface area contributed by atoms with Crippen molar-refractivity contribution in [2.75, 3.05) is 32.6 Å². The summed E-state index contributed by atoms with van der Waals surface area (Å²) in [7, 11) is 5.87. The predicted molar refractivity (Wildman–Crippen MR) is 95.4 cm³/mol. The van der Waals surface area contributed by atoms with Gasteiger partial charge in [0.1, 0.15) is 12.4 Å². The van der Waals surface area contributed by atoms with Crippen LogP contribution in [0.5, 0.6) is 5.75 Å². The molecule has 2 aromatic rings. The fourth-order valence-corrected chi connectivity index (χ4v) is 2.26. The molecule has 0 spiro atoms.